The number of hydrogen-bond donors (Lipinski definition) is 2. The summed E-state index contributed by atoms with van der Waals surface area (Å²) in [6.07, 6.45) is 0. The lowest BCUT2D eigenvalue weighted by atomic mass is 9.82. The van der Waals surface area contributed by atoms with Gasteiger partial charge in [0.05, 0.1) is 10.6 Å². The van der Waals surface area contributed by atoms with Gasteiger partial charge in [-0.15, -0.1) is 0 Å². The Morgan fingerprint density at radius 2 is 2.06 bits per heavy atom. The van der Waals surface area contributed by atoms with Gasteiger partial charge in [0.1, 0.15) is 0 Å². The van der Waals surface area contributed by atoms with Crippen molar-refractivity contribution in [3.8, 4) is 0 Å². The zero-order chi connectivity index (χ0) is 13.9. The summed E-state index contributed by atoms with van der Waals surface area (Å²) in [6.45, 7) is 9.20. The number of carbonyl (C=O) groups excluding carboxylic acids is 1. The van der Waals surface area contributed by atoms with Crippen LogP contribution >= 0.6 is 11.6 Å². The molecule has 0 heterocycles. The first-order valence-electron chi connectivity index (χ1n) is 6.05. The highest BCUT2D eigenvalue weighted by molar-refractivity contribution is 6.34. The van der Waals surface area contributed by atoms with Crippen molar-refractivity contribution in [3.63, 3.8) is 0 Å². The lowest BCUT2D eigenvalue weighted by Crippen LogP contribution is -2.33. The smallest absolute Gasteiger partial charge is 0.252 e. The van der Waals surface area contributed by atoms with Crippen LogP contribution in [0.2, 0.25) is 5.02 Å². The molecule has 0 fully saturated rings. The Balaban J connectivity index is 2.66. The molecule has 0 saturated heterocycles. The average Bonchev–Trinajstić information content (AvgIpc) is 2.24. The third kappa shape index (κ3) is 3.91. The fourth-order valence-electron chi connectivity index (χ4n) is 1.36. The molecular formula is C14H21ClN2O. The Labute approximate surface area is 114 Å². The van der Waals surface area contributed by atoms with Crippen molar-refractivity contribution in [2.24, 2.45) is 11.3 Å². The van der Waals surface area contributed by atoms with E-state index in [9.17, 15) is 4.79 Å². The van der Waals surface area contributed by atoms with Crippen molar-refractivity contribution >= 4 is 23.2 Å². The molecule has 18 heavy (non-hydrogen) atoms. The zero-order valence-corrected chi connectivity index (χ0v) is 12.1. The number of benzene rings is 1. The first-order valence-corrected chi connectivity index (χ1v) is 6.43. The molecule has 0 aliphatic rings. The van der Waals surface area contributed by atoms with E-state index in [0.29, 0.717) is 28.7 Å². The molecule has 0 spiro atoms. The van der Waals surface area contributed by atoms with Crippen LogP contribution in [0.1, 0.15) is 38.1 Å². The van der Waals surface area contributed by atoms with Crippen LogP contribution in [0.25, 0.3) is 0 Å². The number of amides is 1. The van der Waals surface area contributed by atoms with Crippen molar-refractivity contribution in [2.75, 3.05) is 12.3 Å². The van der Waals surface area contributed by atoms with Gasteiger partial charge in [0.2, 0.25) is 0 Å². The van der Waals surface area contributed by atoms with Gasteiger partial charge in [-0.2, -0.15) is 0 Å². The van der Waals surface area contributed by atoms with Gasteiger partial charge < -0.3 is 11.1 Å². The minimum Gasteiger partial charge on any atom is -0.399 e. The van der Waals surface area contributed by atoms with Crippen LogP contribution in [-0.4, -0.2) is 12.5 Å². The third-order valence-electron chi connectivity index (χ3n) is 3.28. The summed E-state index contributed by atoms with van der Waals surface area (Å²) in [7, 11) is 0. The maximum Gasteiger partial charge on any atom is 0.252 e. The number of nitrogens with two attached hydrogens (primary N) is 1. The Hall–Kier alpha value is -1.22. The van der Waals surface area contributed by atoms with Crippen LogP contribution in [0.3, 0.4) is 0 Å². The maximum atomic E-state index is 12.0. The summed E-state index contributed by atoms with van der Waals surface area (Å²) in [5.74, 6) is 0.227. The predicted octanol–water partition coefficient (Wildman–Crippen LogP) is 3.33. The van der Waals surface area contributed by atoms with E-state index in [4.69, 9.17) is 17.3 Å². The number of hydrogen-bond acceptors (Lipinski definition) is 2. The third-order valence-corrected chi connectivity index (χ3v) is 3.60. The van der Waals surface area contributed by atoms with Crippen LogP contribution < -0.4 is 11.1 Å². The van der Waals surface area contributed by atoms with E-state index >= 15 is 0 Å². The summed E-state index contributed by atoms with van der Waals surface area (Å²) >= 11 is 5.99. The van der Waals surface area contributed by atoms with E-state index in [1.165, 1.54) is 0 Å². The van der Waals surface area contributed by atoms with Crippen molar-refractivity contribution in [2.45, 2.75) is 27.7 Å². The second-order valence-corrected chi connectivity index (χ2v) is 6.12. The second kappa shape index (κ2) is 5.61. The fourth-order valence-corrected chi connectivity index (χ4v) is 1.64. The SMILES string of the molecule is CC(CNC(=O)c1ccc(N)cc1Cl)C(C)(C)C. The van der Waals surface area contributed by atoms with Gasteiger partial charge in [0, 0.05) is 12.2 Å². The Morgan fingerprint density at radius 3 is 2.56 bits per heavy atom. The van der Waals surface area contributed by atoms with E-state index in [0.717, 1.165) is 0 Å². The van der Waals surface area contributed by atoms with Crippen LogP contribution in [0.15, 0.2) is 18.2 Å². The average molecular weight is 269 g/mol. The van der Waals surface area contributed by atoms with Gasteiger partial charge >= 0.3 is 0 Å². The summed E-state index contributed by atoms with van der Waals surface area (Å²) in [4.78, 5) is 12.0. The van der Waals surface area contributed by atoms with E-state index in [-0.39, 0.29) is 11.3 Å². The lowest BCUT2D eigenvalue weighted by Gasteiger charge is -2.27. The first-order chi connectivity index (χ1) is 8.21. The van der Waals surface area contributed by atoms with E-state index in [2.05, 4.69) is 33.0 Å². The maximum absolute atomic E-state index is 12.0. The zero-order valence-electron chi connectivity index (χ0n) is 11.4. The Morgan fingerprint density at radius 1 is 1.44 bits per heavy atom. The summed E-state index contributed by atoms with van der Waals surface area (Å²) in [5.41, 5.74) is 6.78. The van der Waals surface area contributed by atoms with Gasteiger partial charge in [0.15, 0.2) is 0 Å². The first kappa shape index (κ1) is 14.8. The van der Waals surface area contributed by atoms with Crippen LogP contribution in [0.5, 0.6) is 0 Å². The van der Waals surface area contributed by atoms with Gasteiger partial charge in [-0.25, -0.2) is 0 Å². The molecule has 3 nitrogen and oxygen atoms in total. The molecule has 1 rings (SSSR count). The molecule has 1 aromatic carbocycles. The molecule has 0 saturated carbocycles. The largest absolute Gasteiger partial charge is 0.399 e. The molecule has 0 aliphatic heterocycles. The van der Waals surface area contributed by atoms with E-state index in [1.54, 1.807) is 18.2 Å². The molecule has 1 unspecified atom stereocenters. The fraction of sp³-hybridized carbons (Fsp3) is 0.500. The molecule has 0 radical (unpaired) electrons. The molecule has 0 aromatic heterocycles. The highest BCUT2D eigenvalue weighted by Crippen LogP contribution is 2.25. The predicted molar refractivity (Wildman–Crippen MR) is 76.8 cm³/mol. The number of carbonyl (C=O) groups is 1. The Kier molecular flexibility index (Phi) is 4.63. The normalized spacial score (nSPS) is 13.2. The molecule has 0 aliphatic carbocycles. The molecular weight excluding hydrogens is 248 g/mol. The molecule has 100 valence electrons. The van der Waals surface area contributed by atoms with E-state index < -0.39 is 0 Å². The number of nitrogens with one attached hydrogen (secondary N) is 1. The minimum atomic E-state index is -0.156. The summed E-state index contributed by atoms with van der Waals surface area (Å²) in [6, 6.07) is 4.91. The summed E-state index contributed by atoms with van der Waals surface area (Å²) < 4.78 is 0. The highest BCUT2D eigenvalue weighted by atomic mass is 35.5. The molecule has 4 heteroatoms. The molecule has 1 amide bonds. The molecule has 3 N–H and O–H groups in total. The van der Waals surface area contributed by atoms with E-state index in [1.807, 2.05) is 0 Å². The van der Waals surface area contributed by atoms with Crippen molar-refractivity contribution in [3.05, 3.63) is 28.8 Å². The standard InChI is InChI=1S/C14H21ClN2O/c1-9(14(2,3)4)8-17-13(18)11-6-5-10(16)7-12(11)15/h5-7,9H,8,16H2,1-4H3,(H,17,18). The van der Waals surface area contributed by atoms with Crippen LogP contribution in [-0.2, 0) is 0 Å². The van der Waals surface area contributed by atoms with Gasteiger partial charge in [-0.05, 0) is 29.5 Å². The van der Waals surface area contributed by atoms with Crippen LogP contribution in [0.4, 0.5) is 5.69 Å². The summed E-state index contributed by atoms with van der Waals surface area (Å²) in [5, 5.41) is 3.29. The molecule has 1 atom stereocenters. The van der Waals surface area contributed by atoms with Crippen molar-refractivity contribution in [1.82, 2.24) is 5.32 Å². The topological polar surface area (TPSA) is 55.1 Å². The lowest BCUT2D eigenvalue weighted by molar-refractivity contribution is 0.0937. The van der Waals surface area contributed by atoms with Gasteiger partial charge in [0.25, 0.3) is 5.91 Å². The van der Waals surface area contributed by atoms with Gasteiger partial charge in [-0.3, -0.25) is 4.79 Å². The molecule has 0 bridgehead atoms. The molecule has 1 aromatic rings. The van der Waals surface area contributed by atoms with Crippen LogP contribution in [0, 0.1) is 11.3 Å². The number of rotatable bonds is 3. The van der Waals surface area contributed by atoms with Gasteiger partial charge in [-0.1, -0.05) is 39.3 Å². The number of halogens is 1. The number of nitrogen functional groups attached to an aromatic ring is 1. The second-order valence-electron chi connectivity index (χ2n) is 5.72. The van der Waals surface area contributed by atoms with Crippen molar-refractivity contribution in [1.29, 1.82) is 0 Å². The number of anilines is 1. The quantitative estimate of drug-likeness (QED) is 0.826. The van der Waals surface area contributed by atoms with Crippen molar-refractivity contribution < 1.29 is 4.79 Å². The minimum absolute atomic E-state index is 0.156. The monoisotopic (exact) mass is 268 g/mol. The highest BCUT2D eigenvalue weighted by Gasteiger charge is 2.21. The Bertz CT molecular complexity index is 438.